The monoisotopic (exact) mass is 282 g/mol. The van der Waals surface area contributed by atoms with Crippen LogP contribution in [0.15, 0.2) is 32.3 Å². The van der Waals surface area contributed by atoms with Gasteiger partial charge in [-0.2, -0.15) is 0 Å². The first kappa shape index (κ1) is 10.8. The molecule has 1 aromatic heterocycles. The molecule has 82 valence electrons. The summed E-state index contributed by atoms with van der Waals surface area (Å²) in [7, 11) is 0. The van der Waals surface area contributed by atoms with Gasteiger partial charge in [0.2, 0.25) is 0 Å². The zero-order valence-corrected chi connectivity index (χ0v) is 9.65. The van der Waals surface area contributed by atoms with E-state index in [2.05, 4.69) is 20.9 Å². The van der Waals surface area contributed by atoms with Gasteiger partial charge in [0.15, 0.2) is 0 Å². The van der Waals surface area contributed by atoms with Gasteiger partial charge in [0.1, 0.15) is 6.29 Å². The van der Waals surface area contributed by atoms with Gasteiger partial charge in [0.25, 0.3) is 5.56 Å². The Morgan fingerprint density at radius 2 is 2.12 bits per heavy atom. The molecule has 0 atom stereocenters. The van der Waals surface area contributed by atoms with Gasteiger partial charge in [-0.25, -0.2) is 4.79 Å². The standard InChI is InChI=1S/C10H7BrN2O3/c11-6-1-2-8-7(5-6)9(15)13(3-4-14)10(16)12-8/h1-2,4-5H,3H2,(H,12,16). The van der Waals surface area contributed by atoms with Crippen molar-refractivity contribution < 1.29 is 4.79 Å². The Hall–Kier alpha value is -1.69. The van der Waals surface area contributed by atoms with E-state index in [1.165, 1.54) is 0 Å². The summed E-state index contributed by atoms with van der Waals surface area (Å²) in [6.07, 6.45) is 0.514. The molecule has 5 nitrogen and oxygen atoms in total. The molecule has 6 heteroatoms. The number of nitrogens with zero attached hydrogens (tertiary/aromatic N) is 1. The second-order valence-electron chi connectivity index (χ2n) is 3.20. The van der Waals surface area contributed by atoms with Crippen LogP contribution in [0.3, 0.4) is 0 Å². The maximum atomic E-state index is 11.9. The van der Waals surface area contributed by atoms with Crippen LogP contribution in [-0.2, 0) is 11.3 Å². The average Bonchev–Trinajstić information content (AvgIpc) is 2.26. The van der Waals surface area contributed by atoms with E-state index in [1.807, 2.05) is 0 Å². The topological polar surface area (TPSA) is 71.9 Å². The van der Waals surface area contributed by atoms with Crippen molar-refractivity contribution in [3.8, 4) is 0 Å². The van der Waals surface area contributed by atoms with E-state index in [-0.39, 0.29) is 6.54 Å². The van der Waals surface area contributed by atoms with E-state index < -0.39 is 11.2 Å². The Kier molecular flexibility index (Phi) is 2.74. The largest absolute Gasteiger partial charge is 0.329 e. The predicted octanol–water partition coefficient (Wildman–Crippen LogP) is 0.651. The molecular formula is C10H7BrN2O3. The number of hydrogen-bond acceptors (Lipinski definition) is 3. The van der Waals surface area contributed by atoms with Gasteiger partial charge < -0.3 is 9.78 Å². The van der Waals surface area contributed by atoms with Crippen LogP contribution in [0.4, 0.5) is 0 Å². The molecule has 0 radical (unpaired) electrons. The second kappa shape index (κ2) is 4.05. The van der Waals surface area contributed by atoms with Crippen LogP contribution >= 0.6 is 15.9 Å². The molecule has 0 bridgehead atoms. The summed E-state index contributed by atoms with van der Waals surface area (Å²) in [6.45, 7) is -0.239. The summed E-state index contributed by atoms with van der Waals surface area (Å²) >= 11 is 3.24. The van der Waals surface area contributed by atoms with E-state index in [4.69, 9.17) is 0 Å². The number of fused-ring (bicyclic) bond motifs is 1. The molecule has 0 spiro atoms. The van der Waals surface area contributed by atoms with E-state index in [0.29, 0.717) is 17.2 Å². The molecule has 0 unspecified atom stereocenters. The van der Waals surface area contributed by atoms with E-state index in [0.717, 1.165) is 9.04 Å². The zero-order chi connectivity index (χ0) is 11.7. The number of aromatic nitrogens is 2. The summed E-state index contributed by atoms with van der Waals surface area (Å²) < 4.78 is 1.60. The fourth-order valence-electron chi connectivity index (χ4n) is 1.46. The van der Waals surface area contributed by atoms with Gasteiger partial charge in [-0.05, 0) is 18.2 Å². The molecule has 2 aromatic rings. The van der Waals surface area contributed by atoms with Crippen molar-refractivity contribution in [2.75, 3.05) is 0 Å². The van der Waals surface area contributed by atoms with Crippen LogP contribution < -0.4 is 11.2 Å². The van der Waals surface area contributed by atoms with Gasteiger partial charge in [0.05, 0.1) is 17.4 Å². The molecule has 2 rings (SSSR count). The molecule has 0 aliphatic rings. The lowest BCUT2D eigenvalue weighted by Crippen LogP contribution is -2.35. The Morgan fingerprint density at radius 1 is 1.38 bits per heavy atom. The van der Waals surface area contributed by atoms with Crippen LogP contribution in [0.5, 0.6) is 0 Å². The first-order valence-corrected chi connectivity index (χ1v) is 5.29. The Balaban J connectivity index is 2.90. The summed E-state index contributed by atoms with van der Waals surface area (Å²) in [4.78, 5) is 36.2. The predicted molar refractivity (Wildman–Crippen MR) is 62.6 cm³/mol. The smallest absolute Gasteiger partial charge is 0.307 e. The van der Waals surface area contributed by atoms with Crippen molar-refractivity contribution in [1.82, 2.24) is 9.55 Å². The highest BCUT2D eigenvalue weighted by atomic mass is 79.9. The highest BCUT2D eigenvalue weighted by molar-refractivity contribution is 9.10. The third-order valence-electron chi connectivity index (χ3n) is 2.20. The molecule has 1 heterocycles. The highest BCUT2D eigenvalue weighted by Gasteiger charge is 2.06. The Morgan fingerprint density at radius 3 is 2.81 bits per heavy atom. The third-order valence-corrected chi connectivity index (χ3v) is 2.69. The highest BCUT2D eigenvalue weighted by Crippen LogP contribution is 2.13. The first-order chi connectivity index (χ1) is 7.63. The maximum absolute atomic E-state index is 11.9. The lowest BCUT2D eigenvalue weighted by molar-refractivity contribution is -0.108. The quantitative estimate of drug-likeness (QED) is 0.822. The van der Waals surface area contributed by atoms with E-state index in [9.17, 15) is 14.4 Å². The molecule has 16 heavy (non-hydrogen) atoms. The van der Waals surface area contributed by atoms with Crippen molar-refractivity contribution in [3.05, 3.63) is 43.5 Å². The molecular weight excluding hydrogens is 276 g/mol. The summed E-state index contributed by atoms with van der Waals surface area (Å²) in [5.74, 6) is 0. The number of benzene rings is 1. The lowest BCUT2D eigenvalue weighted by Gasteiger charge is -2.02. The van der Waals surface area contributed by atoms with E-state index >= 15 is 0 Å². The van der Waals surface area contributed by atoms with Crippen LogP contribution in [0.1, 0.15) is 0 Å². The zero-order valence-electron chi connectivity index (χ0n) is 8.07. The van der Waals surface area contributed by atoms with Gasteiger partial charge in [-0.1, -0.05) is 15.9 Å². The van der Waals surface area contributed by atoms with Crippen LogP contribution in [-0.4, -0.2) is 15.8 Å². The van der Waals surface area contributed by atoms with Crippen LogP contribution in [0.25, 0.3) is 10.9 Å². The molecule has 1 N–H and O–H groups in total. The van der Waals surface area contributed by atoms with Gasteiger partial charge in [-0.15, -0.1) is 0 Å². The Labute approximate surface area is 97.8 Å². The van der Waals surface area contributed by atoms with Gasteiger partial charge in [0, 0.05) is 4.47 Å². The van der Waals surface area contributed by atoms with Crippen molar-refractivity contribution in [1.29, 1.82) is 0 Å². The average molecular weight is 283 g/mol. The summed E-state index contributed by atoms with van der Waals surface area (Å²) in [5, 5.41) is 0.371. The SMILES string of the molecule is O=CCn1c(=O)[nH]c2ccc(Br)cc2c1=O. The number of aldehydes is 1. The minimum absolute atomic E-state index is 0.239. The molecule has 0 saturated carbocycles. The van der Waals surface area contributed by atoms with E-state index in [1.54, 1.807) is 18.2 Å². The molecule has 0 aliphatic carbocycles. The van der Waals surface area contributed by atoms with Gasteiger partial charge >= 0.3 is 5.69 Å². The maximum Gasteiger partial charge on any atom is 0.329 e. The number of rotatable bonds is 2. The number of halogens is 1. The molecule has 0 amide bonds. The third kappa shape index (κ3) is 1.71. The van der Waals surface area contributed by atoms with Crippen LogP contribution in [0, 0.1) is 0 Å². The Bertz CT molecular complexity index is 672. The number of carbonyl (C=O) groups excluding carboxylic acids is 1. The summed E-state index contributed by atoms with van der Waals surface area (Å²) in [6, 6.07) is 4.96. The second-order valence-corrected chi connectivity index (χ2v) is 4.12. The minimum Gasteiger partial charge on any atom is -0.307 e. The summed E-state index contributed by atoms with van der Waals surface area (Å²) in [5.41, 5.74) is -0.584. The number of H-pyrrole nitrogens is 1. The number of nitrogens with one attached hydrogen (secondary N) is 1. The van der Waals surface area contributed by atoms with Crippen molar-refractivity contribution in [3.63, 3.8) is 0 Å². The van der Waals surface area contributed by atoms with Crippen LogP contribution in [0.2, 0.25) is 0 Å². The van der Waals surface area contributed by atoms with Crippen molar-refractivity contribution in [2.45, 2.75) is 6.54 Å². The lowest BCUT2D eigenvalue weighted by atomic mass is 10.2. The molecule has 0 aliphatic heterocycles. The molecule has 0 fully saturated rings. The number of hydrogen-bond donors (Lipinski definition) is 1. The molecule has 0 saturated heterocycles. The fourth-order valence-corrected chi connectivity index (χ4v) is 1.82. The minimum atomic E-state index is -0.577. The molecule has 1 aromatic carbocycles. The number of aromatic amines is 1. The fraction of sp³-hybridized carbons (Fsp3) is 0.100. The van der Waals surface area contributed by atoms with Crippen molar-refractivity contribution in [2.24, 2.45) is 0 Å². The normalized spacial score (nSPS) is 10.6. The van der Waals surface area contributed by atoms with Gasteiger partial charge in [-0.3, -0.25) is 9.36 Å². The first-order valence-electron chi connectivity index (χ1n) is 4.49. The number of carbonyl (C=O) groups is 1. The van der Waals surface area contributed by atoms with Crippen molar-refractivity contribution >= 4 is 33.1 Å².